The molecule has 2 aromatic rings. The largest absolute Gasteiger partial charge is 0.399 e. The number of nitrogen functional groups attached to an aromatic ring is 1. The number of aliphatic hydroxyl groups is 1. The van der Waals surface area contributed by atoms with Crippen LogP contribution in [0.3, 0.4) is 0 Å². The van der Waals surface area contributed by atoms with Crippen LogP contribution >= 0.6 is 0 Å². The molecule has 0 aliphatic heterocycles. The molecule has 21 heavy (non-hydrogen) atoms. The maximum Gasteiger partial charge on any atom is 0.242 e. The number of hydrogen-bond acceptors (Lipinski definition) is 4. The van der Waals surface area contributed by atoms with Gasteiger partial charge in [0.15, 0.2) is 0 Å². The molecule has 0 bridgehead atoms. The van der Waals surface area contributed by atoms with Gasteiger partial charge in [-0.05, 0) is 30.5 Å². The van der Waals surface area contributed by atoms with Gasteiger partial charge in [0.1, 0.15) is 4.90 Å². The van der Waals surface area contributed by atoms with Gasteiger partial charge in [-0.2, -0.15) is 0 Å². The topological polar surface area (TPSA) is 108 Å². The molecule has 1 aromatic heterocycles. The van der Waals surface area contributed by atoms with Crippen LogP contribution in [0.25, 0.3) is 10.9 Å². The molecule has 2 rings (SSSR count). The molecule has 1 unspecified atom stereocenters. The number of aromatic nitrogens is 1. The Balaban J connectivity index is 2.39. The minimum Gasteiger partial charge on any atom is -0.399 e. The van der Waals surface area contributed by atoms with E-state index in [2.05, 4.69) is 9.71 Å². The van der Waals surface area contributed by atoms with Crippen LogP contribution in [0.1, 0.15) is 20.3 Å². The average molecular weight is 311 g/mol. The van der Waals surface area contributed by atoms with Gasteiger partial charge in [0.05, 0.1) is 0 Å². The Hall–Kier alpha value is -1.57. The first-order valence-electron chi connectivity index (χ1n) is 6.85. The minimum absolute atomic E-state index is 0.0633. The van der Waals surface area contributed by atoms with Gasteiger partial charge in [-0.3, -0.25) is 0 Å². The van der Waals surface area contributed by atoms with Crippen LogP contribution in [-0.4, -0.2) is 31.2 Å². The Labute approximate surface area is 124 Å². The van der Waals surface area contributed by atoms with Crippen LogP contribution in [0.2, 0.25) is 0 Å². The first kappa shape index (κ1) is 15.8. The number of nitrogens with one attached hydrogen (secondary N) is 2. The smallest absolute Gasteiger partial charge is 0.242 e. The van der Waals surface area contributed by atoms with Crippen LogP contribution in [0.15, 0.2) is 29.3 Å². The molecule has 116 valence electrons. The number of fused-ring (bicyclic) bond motifs is 1. The monoisotopic (exact) mass is 311 g/mol. The average Bonchev–Trinajstić information content (AvgIpc) is 2.81. The first-order chi connectivity index (χ1) is 9.85. The van der Waals surface area contributed by atoms with Crippen LogP contribution in [0.5, 0.6) is 0 Å². The highest BCUT2D eigenvalue weighted by atomic mass is 32.2. The lowest BCUT2D eigenvalue weighted by molar-refractivity contribution is 0.256. The maximum absolute atomic E-state index is 12.6. The summed E-state index contributed by atoms with van der Waals surface area (Å²) in [6.45, 7) is 3.76. The molecule has 0 saturated heterocycles. The molecule has 7 heteroatoms. The van der Waals surface area contributed by atoms with E-state index in [-0.39, 0.29) is 23.5 Å². The Morgan fingerprint density at radius 3 is 2.71 bits per heavy atom. The lowest BCUT2D eigenvalue weighted by atomic mass is 10.0. The molecule has 1 heterocycles. The van der Waals surface area contributed by atoms with E-state index >= 15 is 0 Å². The zero-order valence-electron chi connectivity index (χ0n) is 12.1. The van der Waals surface area contributed by atoms with E-state index in [1.807, 2.05) is 13.8 Å². The van der Waals surface area contributed by atoms with Crippen molar-refractivity contribution in [3.63, 3.8) is 0 Å². The first-order valence-corrected chi connectivity index (χ1v) is 8.33. The standard InChI is InChI=1S/C14H21N3O3S/c1-9(2)12(5-6-18)17-21(19,20)14-8-16-13-4-3-10(15)7-11(13)14/h3-4,7-9,12,16-18H,5-6,15H2,1-2H3. The Morgan fingerprint density at radius 1 is 1.38 bits per heavy atom. The summed E-state index contributed by atoms with van der Waals surface area (Å²) in [6, 6.07) is 4.78. The Morgan fingerprint density at radius 2 is 2.10 bits per heavy atom. The quantitative estimate of drug-likeness (QED) is 0.605. The van der Waals surface area contributed by atoms with E-state index in [0.29, 0.717) is 23.0 Å². The van der Waals surface area contributed by atoms with E-state index in [9.17, 15) is 8.42 Å². The highest BCUT2D eigenvalue weighted by Gasteiger charge is 2.24. The lowest BCUT2D eigenvalue weighted by Crippen LogP contribution is -2.39. The van der Waals surface area contributed by atoms with Gasteiger partial charge in [0, 0.05) is 35.4 Å². The van der Waals surface area contributed by atoms with E-state index in [1.165, 1.54) is 6.20 Å². The third-order valence-electron chi connectivity index (χ3n) is 3.51. The van der Waals surface area contributed by atoms with Gasteiger partial charge in [-0.15, -0.1) is 0 Å². The molecule has 0 fully saturated rings. The van der Waals surface area contributed by atoms with Crippen molar-refractivity contribution in [1.82, 2.24) is 9.71 Å². The number of sulfonamides is 1. The fourth-order valence-corrected chi connectivity index (χ4v) is 3.85. The van der Waals surface area contributed by atoms with E-state index in [0.717, 1.165) is 0 Å². The Bertz CT molecular complexity index is 722. The summed E-state index contributed by atoms with van der Waals surface area (Å²) in [4.78, 5) is 3.11. The number of aromatic amines is 1. The summed E-state index contributed by atoms with van der Waals surface area (Å²) < 4.78 is 27.8. The molecule has 0 spiro atoms. The molecular weight excluding hydrogens is 290 g/mol. The van der Waals surface area contributed by atoms with Gasteiger partial charge in [-0.1, -0.05) is 13.8 Å². The van der Waals surface area contributed by atoms with Crippen LogP contribution < -0.4 is 10.5 Å². The summed E-state index contributed by atoms with van der Waals surface area (Å²) in [5.74, 6) is 0.0854. The zero-order valence-corrected chi connectivity index (χ0v) is 12.9. The molecule has 0 aliphatic carbocycles. The summed E-state index contributed by atoms with van der Waals surface area (Å²) in [5, 5.41) is 9.63. The predicted molar refractivity (Wildman–Crippen MR) is 83.4 cm³/mol. The molecule has 0 radical (unpaired) electrons. The van der Waals surface area contributed by atoms with E-state index in [4.69, 9.17) is 10.8 Å². The van der Waals surface area contributed by atoms with Crippen molar-refractivity contribution in [2.45, 2.75) is 31.2 Å². The normalized spacial score (nSPS) is 13.9. The third kappa shape index (κ3) is 3.37. The van der Waals surface area contributed by atoms with Crippen molar-refractivity contribution in [3.05, 3.63) is 24.4 Å². The number of rotatable bonds is 6. The lowest BCUT2D eigenvalue weighted by Gasteiger charge is -2.21. The SMILES string of the molecule is CC(C)C(CCO)NS(=O)(=O)c1c[nH]c2ccc(N)cc12. The second-order valence-corrected chi connectivity index (χ2v) is 7.12. The van der Waals surface area contributed by atoms with Gasteiger partial charge in [-0.25, -0.2) is 13.1 Å². The fourth-order valence-electron chi connectivity index (χ4n) is 2.27. The highest BCUT2D eigenvalue weighted by Crippen LogP contribution is 2.25. The molecule has 0 amide bonds. The van der Waals surface area contributed by atoms with Crippen molar-refractivity contribution in [2.24, 2.45) is 5.92 Å². The third-order valence-corrected chi connectivity index (χ3v) is 5.04. The van der Waals surface area contributed by atoms with Crippen molar-refractivity contribution in [3.8, 4) is 0 Å². The number of aliphatic hydroxyl groups excluding tert-OH is 1. The van der Waals surface area contributed by atoms with Crippen molar-refractivity contribution in [1.29, 1.82) is 0 Å². The molecule has 6 nitrogen and oxygen atoms in total. The Kier molecular flexibility index (Phi) is 4.55. The summed E-state index contributed by atoms with van der Waals surface area (Å²) >= 11 is 0. The molecule has 1 atom stereocenters. The van der Waals surface area contributed by atoms with Gasteiger partial charge >= 0.3 is 0 Å². The summed E-state index contributed by atoms with van der Waals surface area (Å²) in [6.07, 6.45) is 1.84. The fraction of sp³-hybridized carbons (Fsp3) is 0.429. The summed E-state index contributed by atoms with van der Waals surface area (Å²) in [5.41, 5.74) is 6.95. The van der Waals surface area contributed by atoms with Gasteiger partial charge < -0.3 is 15.8 Å². The van der Waals surface area contributed by atoms with Crippen LogP contribution in [0.4, 0.5) is 5.69 Å². The highest BCUT2D eigenvalue weighted by molar-refractivity contribution is 7.89. The van der Waals surface area contributed by atoms with Crippen LogP contribution in [-0.2, 0) is 10.0 Å². The molecule has 0 saturated carbocycles. The number of hydrogen-bond donors (Lipinski definition) is 4. The van der Waals surface area contributed by atoms with Gasteiger partial charge in [0.25, 0.3) is 0 Å². The van der Waals surface area contributed by atoms with E-state index < -0.39 is 10.0 Å². The number of anilines is 1. The second kappa shape index (κ2) is 6.05. The minimum atomic E-state index is -3.67. The molecule has 1 aromatic carbocycles. The van der Waals surface area contributed by atoms with E-state index in [1.54, 1.807) is 18.2 Å². The van der Waals surface area contributed by atoms with Crippen molar-refractivity contribution >= 4 is 26.6 Å². The number of benzene rings is 1. The second-order valence-electron chi connectivity index (χ2n) is 5.44. The maximum atomic E-state index is 12.6. The van der Waals surface area contributed by atoms with Crippen molar-refractivity contribution < 1.29 is 13.5 Å². The summed E-state index contributed by atoms with van der Waals surface area (Å²) in [7, 11) is -3.67. The molecule has 0 aliphatic rings. The predicted octanol–water partition coefficient (Wildman–Crippen LogP) is 1.44. The number of H-pyrrole nitrogens is 1. The zero-order chi connectivity index (χ0) is 15.6. The molecule has 5 N–H and O–H groups in total. The number of nitrogens with two attached hydrogens (primary N) is 1. The van der Waals surface area contributed by atoms with Crippen molar-refractivity contribution in [2.75, 3.05) is 12.3 Å². The van der Waals surface area contributed by atoms with Crippen LogP contribution in [0, 0.1) is 5.92 Å². The van der Waals surface area contributed by atoms with Gasteiger partial charge in [0.2, 0.25) is 10.0 Å². The molecular formula is C14H21N3O3S.